The molecular weight excluding hydrogens is 442 g/mol. The summed E-state index contributed by atoms with van der Waals surface area (Å²) in [5.74, 6) is -1.56. The second kappa shape index (κ2) is 11.3. The number of hydrogen-bond donors (Lipinski definition) is 1. The first-order valence-corrected chi connectivity index (χ1v) is 11.1. The van der Waals surface area contributed by atoms with Crippen LogP contribution >= 0.6 is 0 Å². The maximum atomic E-state index is 13.1. The Balaban J connectivity index is 1.96. The van der Waals surface area contributed by atoms with Crippen molar-refractivity contribution in [3.8, 4) is 0 Å². The van der Waals surface area contributed by atoms with Gasteiger partial charge in [-0.05, 0) is 23.1 Å². The van der Waals surface area contributed by atoms with E-state index < -0.39 is 24.2 Å². The minimum Gasteiger partial charge on any atom is -0.469 e. The van der Waals surface area contributed by atoms with Crippen molar-refractivity contribution in [3.63, 3.8) is 0 Å². The number of benzene rings is 1. The second-order valence-corrected chi connectivity index (χ2v) is 8.88. The van der Waals surface area contributed by atoms with Gasteiger partial charge in [-0.3, -0.25) is 9.59 Å². The molecule has 2 aromatic rings. The highest BCUT2D eigenvalue weighted by atomic mass is 16.7. The molecule has 1 N–H and O–H groups in total. The van der Waals surface area contributed by atoms with Crippen LogP contribution in [-0.4, -0.2) is 50.3 Å². The molecule has 1 aliphatic heterocycles. The number of ether oxygens (including phenoxy) is 5. The van der Waals surface area contributed by atoms with Gasteiger partial charge in [-0.2, -0.15) is 0 Å². The number of H-pyrrole nitrogens is 1. The Morgan fingerprint density at radius 2 is 1.65 bits per heavy atom. The van der Waals surface area contributed by atoms with Crippen molar-refractivity contribution in [2.45, 2.75) is 46.0 Å². The van der Waals surface area contributed by atoms with Gasteiger partial charge in [0, 0.05) is 11.8 Å². The molecule has 0 saturated carbocycles. The third-order valence-corrected chi connectivity index (χ3v) is 5.51. The number of carbonyl (C=O) groups is 3. The summed E-state index contributed by atoms with van der Waals surface area (Å²) in [6.07, 6.45) is -0.762. The molecule has 184 valence electrons. The summed E-state index contributed by atoms with van der Waals surface area (Å²) in [6.45, 7) is 4.96. The van der Waals surface area contributed by atoms with Gasteiger partial charge in [0.2, 0.25) is 0 Å². The molecule has 0 radical (unpaired) electrons. The summed E-state index contributed by atoms with van der Waals surface area (Å²) in [6, 6.07) is 9.27. The highest BCUT2D eigenvalue weighted by Crippen LogP contribution is 2.35. The number of esters is 3. The molecule has 0 atom stereocenters. The van der Waals surface area contributed by atoms with Gasteiger partial charge in [0.15, 0.2) is 6.29 Å². The first kappa shape index (κ1) is 25.5. The average molecular weight is 474 g/mol. The van der Waals surface area contributed by atoms with Crippen LogP contribution in [0.2, 0.25) is 0 Å². The number of carbonyl (C=O) groups excluding carboxylic acids is 3. The third-order valence-electron chi connectivity index (χ3n) is 5.51. The molecule has 0 bridgehead atoms. The van der Waals surface area contributed by atoms with E-state index in [1.807, 2.05) is 44.2 Å². The zero-order valence-corrected chi connectivity index (χ0v) is 20.0. The predicted octanol–water partition coefficient (Wildman–Crippen LogP) is 3.26. The number of nitrogens with one attached hydrogen (secondary N) is 1. The van der Waals surface area contributed by atoms with Gasteiger partial charge in [-0.15, -0.1) is 0 Å². The van der Waals surface area contributed by atoms with E-state index >= 15 is 0 Å². The monoisotopic (exact) mass is 473 g/mol. The Labute approximate surface area is 198 Å². The molecular formula is C25H31NO8. The van der Waals surface area contributed by atoms with Crippen molar-refractivity contribution < 1.29 is 38.1 Å². The second-order valence-electron chi connectivity index (χ2n) is 8.88. The zero-order chi connectivity index (χ0) is 24.7. The molecule has 0 aliphatic carbocycles. The predicted molar refractivity (Wildman–Crippen MR) is 121 cm³/mol. The highest BCUT2D eigenvalue weighted by Gasteiger charge is 2.34. The summed E-state index contributed by atoms with van der Waals surface area (Å²) in [5.41, 5.74) is 2.21. The van der Waals surface area contributed by atoms with Gasteiger partial charge in [-0.25, -0.2) is 4.79 Å². The molecule has 3 rings (SSSR count). The number of aromatic amines is 1. The maximum absolute atomic E-state index is 13.1. The molecule has 0 amide bonds. The quantitative estimate of drug-likeness (QED) is 0.436. The lowest BCUT2D eigenvalue weighted by Gasteiger charge is -2.34. The summed E-state index contributed by atoms with van der Waals surface area (Å²) in [7, 11) is 2.58. The number of aromatic nitrogens is 1. The fraction of sp³-hybridized carbons (Fsp3) is 0.480. The number of hydrogen-bond acceptors (Lipinski definition) is 8. The van der Waals surface area contributed by atoms with E-state index in [4.69, 9.17) is 23.7 Å². The first-order chi connectivity index (χ1) is 16.2. The van der Waals surface area contributed by atoms with Gasteiger partial charge < -0.3 is 28.7 Å². The van der Waals surface area contributed by atoms with Gasteiger partial charge in [0.05, 0.1) is 39.5 Å². The van der Waals surface area contributed by atoms with E-state index in [9.17, 15) is 14.4 Å². The SMILES string of the molecule is COC(=O)CCc1c(C(=O)OCc2ccccc2)[nH]c(C2OCC(C)(C)CO2)c1CC(=O)OC. The molecule has 1 saturated heterocycles. The Morgan fingerprint density at radius 1 is 1.00 bits per heavy atom. The summed E-state index contributed by atoms with van der Waals surface area (Å²) < 4.78 is 27.0. The van der Waals surface area contributed by atoms with Crippen LogP contribution in [-0.2, 0) is 52.7 Å². The fourth-order valence-electron chi connectivity index (χ4n) is 3.65. The molecule has 9 heteroatoms. The Hall–Kier alpha value is -3.17. The summed E-state index contributed by atoms with van der Waals surface area (Å²) >= 11 is 0. The van der Waals surface area contributed by atoms with E-state index in [1.54, 1.807) is 0 Å². The van der Waals surface area contributed by atoms with Crippen LogP contribution in [0.3, 0.4) is 0 Å². The van der Waals surface area contributed by atoms with E-state index in [2.05, 4.69) is 4.98 Å². The Kier molecular flexibility index (Phi) is 8.46. The molecule has 34 heavy (non-hydrogen) atoms. The Bertz CT molecular complexity index is 1000. The maximum Gasteiger partial charge on any atom is 0.355 e. The Morgan fingerprint density at radius 3 is 2.26 bits per heavy atom. The zero-order valence-electron chi connectivity index (χ0n) is 20.0. The summed E-state index contributed by atoms with van der Waals surface area (Å²) in [4.78, 5) is 40.2. The van der Waals surface area contributed by atoms with Crippen LogP contribution in [0.15, 0.2) is 30.3 Å². The molecule has 9 nitrogen and oxygen atoms in total. The largest absolute Gasteiger partial charge is 0.469 e. The summed E-state index contributed by atoms with van der Waals surface area (Å²) in [5, 5.41) is 0. The van der Waals surface area contributed by atoms with Crippen LogP contribution in [0, 0.1) is 5.41 Å². The van der Waals surface area contributed by atoms with Gasteiger partial charge in [-0.1, -0.05) is 44.2 Å². The lowest BCUT2D eigenvalue weighted by Crippen LogP contribution is -2.34. The normalized spacial score (nSPS) is 15.5. The first-order valence-electron chi connectivity index (χ1n) is 11.1. The molecule has 1 fully saturated rings. The highest BCUT2D eigenvalue weighted by molar-refractivity contribution is 5.91. The van der Waals surface area contributed by atoms with Crippen LogP contribution in [0.1, 0.15) is 59.4 Å². The molecule has 2 heterocycles. The number of methoxy groups -OCH3 is 2. The van der Waals surface area contributed by atoms with Crippen molar-refractivity contribution in [1.29, 1.82) is 0 Å². The van der Waals surface area contributed by atoms with E-state index in [1.165, 1.54) is 14.2 Å². The molecule has 0 spiro atoms. The van der Waals surface area contributed by atoms with Crippen molar-refractivity contribution in [2.24, 2.45) is 5.41 Å². The van der Waals surface area contributed by atoms with Gasteiger partial charge in [0.1, 0.15) is 12.3 Å². The van der Waals surface area contributed by atoms with E-state index in [0.29, 0.717) is 30.0 Å². The minimum absolute atomic E-state index is 0.0142. The lowest BCUT2D eigenvalue weighted by molar-refractivity contribution is -0.228. The van der Waals surface area contributed by atoms with Crippen molar-refractivity contribution in [2.75, 3.05) is 27.4 Å². The minimum atomic E-state index is -0.805. The van der Waals surface area contributed by atoms with Crippen LogP contribution in [0.5, 0.6) is 0 Å². The van der Waals surface area contributed by atoms with Crippen LogP contribution < -0.4 is 0 Å². The van der Waals surface area contributed by atoms with Crippen molar-refractivity contribution in [3.05, 3.63) is 58.4 Å². The topological polar surface area (TPSA) is 113 Å². The van der Waals surface area contributed by atoms with Crippen LogP contribution in [0.25, 0.3) is 0 Å². The third kappa shape index (κ3) is 6.45. The molecule has 1 aromatic carbocycles. The van der Waals surface area contributed by atoms with Crippen molar-refractivity contribution >= 4 is 17.9 Å². The average Bonchev–Trinajstić information content (AvgIpc) is 3.19. The molecule has 0 unspecified atom stereocenters. The fourth-order valence-corrected chi connectivity index (χ4v) is 3.65. The van der Waals surface area contributed by atoms with E-state index in [0.717, 1.165) is 5.56 Å². The van der Waals surface area contributed by atoms with Crippen LogP contribution in [0.4, 0.5) is 0 Å². The molecule has 1 aromatic heterocycles. The molecule has 1 aliphatic rings. The standard InChI is InChI=1S/C25H31NO8/c1-25(2)14-33-24(34-15-25)22-18(12-20(28)31-4)17(10-11-19(27)30-3)21(26-22)23(29)32-13-16-8-6-5-7-9-16/h5-9,24,26H,10-15H2,1-4H3. The smallest absolute Gasteiger partial charge is 0.355 e. The van der Waals surface area contributed by atoms with Crippen molar-refractivity contribution in [1.82, 2.24) is 4.98 Å². The van der Waals surface area contributed by atoms with Gasteiger partial charge in [0.25, 0.3) is 0 Å². The number of rotatable bonds is 9. The lowest BCUT2D eigenvalue weighted by atomic mass is 9.95. The van der Waals surface area contributed by atoms with E-state index in [-0.39, 0.29) is 37.0 Å². The van der Waals surface area contributed by atoms with Gasteiger partial charge >= 0.3 is 17.9 Å².